The Hall–Kier alpha value is 0.146. The number of hydrogen-bond acceptors (Lipinski definition) is 5. The fourth-order valence-electron chi connectivity index (χ4n) is 2.23. The van der Waals surface area contributed by atoms with Gasteiger partial charge in [0, 0.05) is 0 Å². The van der Waals surface area contributed by atoms with Crippen molar-refractivity contribution in [3.63, 3.8) is 0 Å². The molecular formula is C6H12CoN4O. The van der Waals surface area contributed by atoms with Crippen molar-refractivity contribution in [3.05, 3.63) is 0 Å². The Morgan fingerprint density at radius 2 is 0.750 bits per heavy atom. The van der Waals surface area contributed by atoms with Gasteiger partial charge in [-0.3, -0.25) is 19.6 Å². The number of hydrogen-bond donors (Lipinski definition) is 0. The molecule has 0 atom stereocenters. The molecule has 4 bridgehead atoms. The Balaban J connectivity index is 0.000000264. The van der Waals surface area contributed by atoms with E-state index in [1.165, 1.54) is 40.0 Å². The molecule has 4 aliphatic rings. The van der Waals surface area contributed by atoms with Gasteiger partial charge in [0.05, 0.1) is 40.0 Å². The topological polar surface area (TPSA) is 30.0 Å². The van der Waals surface area contributed by atoms with Gasteiger partial charge in [-0.15, -0.1) is 0 Å². The van der Waals surface area contributed by atoms with E-state index < -0.39 is 0 Å². The van der Waals surface area contributed by atoms with Crippen LogP contribution in [0.4, 0.5) is 0 Å². The predicted octanol–water partition coefficient (Wildman–Crippen LogP) is -1.14. The third kappa shape index (κ3) is 1.46. The Kier molecular flexibility index (Phi) is 2.54. The van der Waals surface area contributed by atoms with Crippen LogP contribution < -0.4 is 0 Å². The van der Waals surface area contributed by atoms with Gasteiger partial charge in [0.25, 0.3) is 0 Å². The minimum atomic E-state index is 1.19. The molecule has 0 unspecified atom stereocenters. The van der Waals surface area contributed by atoms with E-state index in [9.17, 15) is 0 Å². The van der Waals surface area contributed by atoms with Crippen LogP contribution in [-0.4, -0.2) is 59.6 Å². The molecule has 4 heterocycles. The average Bonchev–Trinajstić information content (AvgIpc) is 2.05. The van der Waals surface area contributed by atoms with Crippen LogP contribution in [0.1, 0.15) is 0 Å². The Labute approximate surface area is 79.7 Å². The van der Waals surface area contributed by atoms with Crippen LogP contribution in [0.15, 0.2) is 0 Å². The summed E-state index contributed by atoms with van der Waals surface area (Å²) in [5, 5.41) is 0. The van der Waals surface area contributed by atoms with Crippen molar-refractivity contribution in [1.82, 2.24) is 19.6 Å². The molecule has 4 rings (SSSR count). The average molecular weight is 215 g/mol. The second-order valence-electron chi connectivity index (χ2n) is 3.53. The van der Waals surface area contributed by atoms with Gasteiger partial charge in [0.15, 0.2) is 0 Å². The molecule has 0 saturated carbocycles. The molecule has 0 aromatic carbocycles. The molecule has 5 nitrogen and oxygen atoms in total. The maximum atomic E-state index is 7.94. The van der Waals surface area contributed by atoms with E-state index in [4.69, 9.17) is 3.87 Å². The second-order valence-corrected chi connectivity index (χ2v) is 3.53. The van der Waals surface area contributed by atoms with Gasteiger partial charge in [-0.25, -0.2) is 0 Å². The third-order valence-electron chi connectivity index (χ3n) is 2.40. The first-order valence-corrected chi connectivity index (χ1v) is 4.36. The van der Waals surface area contributed by atoms with Gasteiger partial charge < -0.3 is 0 Å². The standard InChI is InChI=1S/C6H12N4.Co.O/c1-7-2-9-4-8(1)5-10(3-7)6-9;;/h1-6H2;;. The van der Waals surface area contributed by atoms with Gasteiger partial charge >= 0.3 is 19.5 Å². The first-order chi connectivity index (χ1) is 5.90. The van der Waals surface area contributed by atoms with Crippen molar-refractivity contribution in [2.75, 3.05) is 40.0 Å². The van der Waals surface area contributed by atoms with E-state index in [0.29, 0.717) is 0 Å². The molecule has 12 heavy (non-hydrogen) atoms. The third-order valence-corrected chi connectivity index (χ3v) is 2.40. The first kappa shape index (κ1) is 8.73. The summed E-state index contributed by atoms with van der Waals surface area (Å²) in [4.78, 5) is 9.88. The summed E-state index contributed by atoms with van der Waals surface area (Å²) in [5.41, 5.74) is 0. The molecule has 4 saturated heterocycles. The summed E-state index contributed by atoms with van der Waals surface area (Å²) in [6.07, 6.45) is 0. The first-order valence-electron chi connectivity index (χ1n) is 3.93. The van der Waals surface area contributed by atoms with Crippen LogP contribution in [0.3, 0.4) is 0 Å². The van der Waals surface area contributed by atoms with Gasteiger partial charge in [-0.1, -0.05) is 0 Å². The summed E-state index contributed by atoms with van der Waals surface area (Å²) in [5.74, 6) is 0. The van der Waals surface area contributed by atoms with Gasteiger partial charge in [0.2, 0.25) is 0 Å². The predicted molar refractivity (Wildman–Crippen MR) is 37.2 cm³/mol. The zero-order valence-corrected chi connectivity index (χ0v) is 7.81. The van der Waals surface area contributed by atoms with Crippen LogP contribution in [0.25, 0.3) is 0 Å². The molecule has 4 aliphatic heterocycles. The fourth-order valence-corrected chi connectivity index (χ4v) is 2.23. The van der Waals surface area contributed by atoms with Gasteiger partial charge in [0.1, 0.15) is 0 Å². The fraction of sp³-hybridized carbons (Fsp3) is 1.00. The minimum absolute atomic E-state index is 1.19. The molecule has 0 radical (unpaired) electrons. The van der Waals surface area contributed by atoms with Crippen LogP contribution in [0.5, 0.6) is 0 Å². The van der Waals surface area contributed by atoms with Crippen molar-refractivity contribution in [3.8, 4) is 0 Å². The van der Waals surface area contributed by atoms with Crippen molar-refractivity contribution >= 4 is 0 Å². The van der Waals surface area contributed by atoms with E-state index in [1.54, 1.807) is 0 Å². The molecule has 0 aliphatic carbocycles. The van der Waals surface area contributed by atoms with Crippen LogP contribution >= 0.6 is 0 Å². The zero-order chi connectivity index (χ0) is 8.55. The molecule has 71 valence electrons. The normalized spacial score (nSPS) is 48.4. The molecule has 0 aromatic rings. The summed E-state index contributed by atoms with van der Waals surface area (Å²) in [6.45, 7) is 7.12. The molecule has 0 aromatic heterocycles. The summed E-state index contributed by atoms with van der Waals surface area (Å²) in [6, 6.07) is 0. The van der Waals surface area contributed by atoms with Crippen molar-refractivity contribution in [2.24, 2.45) is 0 Å². The molecule has 4 fully saturated rings. The Morgan fingerprint density at radius 3 is 0.917 bits per heavy atom. The zero-order valence-electron chi connectivity index (χ0n) is 6.77. The maximum absolute atomic E-state index is 7.94. The van der Waals surface area contributed by atoms with Crippen LogP contribution in [0, 0.1) is 0 Å². The monoisotopic (exact) mass is 215 g/mol. The van der Waals surface area contributed by atoms with E-state index >= 15 is 0 Å². The van der Waals surface area contributed by atoms with Crippen molar-refractivity contribution in [1.29, 1.82) is 0 Å². The SMILES string of the molecule is C1N2CN3CN1CN(C2)C3.[O]=[Co]. The Morgan fingerprint density at radius 1 is 0.583 bits per heavy atom. The van der Waals surface area contributed by atoms with Gasteiger partial charge in [-0.05, 0) is 0 Å². The van der Waals surface area contributed by atoms with E-state index in [1.807, 2.05) is 0 Å². The van der Waals surface area contributed by atoms with Crippen molar-refractivity contribution in [2.45, 2.75) is 0 Å². The second kappa shape index (κ2) is 3.48. The summed E-state index contributed by atoms with van der Waals surface area (Å²) in [7, 11) is 0. The molecule has 0 spiro atoms. The quantitative estimate of drug-likeness (QED) is 0.509. The summed E-state index contributed by atoms with van der Waals surface area (Å²) >= 11 is 2.31. The molecule has 6 heteroatoms. The van der Waals surface area contributed by atoms with E-state index in [-0.39, 0.29) is 0 Å². The van der Waals surface area contributed by atoms with E-state index in [0.717, 1.165) is 0 Å². The van der Waals surface area contributed by atoms with E-state index in [2.05, 4.69) is 35.3 Å². The number of rotatable bonds is 0. The van der Waals surface area contributed by atoms with Crippen LogP contribution in [-0.2, 0) is 19.5 Å². The van der Waals surface area contributed by atoms with Gasteiger partial charge in [-0.2, -0.15) is 0 Å². The molecular weight excluding hydrogens is 203 g/mol. The van der Waals surface area contributed by atoms with Crippen LogP contribution in [0.2, 0.25) is 0 Å². The van der Waals surface area contributed by atoms with Crippen molar-refractivity contribution < 1.29 is 19.5 Å². The Bertz CT molecular complexity index is 122. The summed E-state index contributed by atoms with van der Waals surface area (Å²) < 4.78 is 7.94. The molecule has 0 N–H and O–H groups in total. The number of nitrogens with zero attached hydrogens (tertiary/aromatic N) is 4. The molecule has 0 amide bonds.